The van der Waals surface area contributed by atoms with Crippen molar-refractivity contribution in [2.45, 2.75) is 46.6 Å². The first-order valence-corrected chi connectivity index (χ1v) is 12.3. The number of fused-ring (bicyclic) bond motifs is 1. The first-order chi connectivity index (χ1) is 17.8. The topological polar surface area (TPSA) is 82.4 Å². The van der Waals surface area contributed by atoms with E-state index in [1.807, 2.05) is 62.1 Å². The lowest BCUT2D eigenvalue weighted by Crippen LogP contribution is -2.38. The van der Waals surface area contributed by atoms with Crippen molar-refractivity contribution >= 4 is 11.7 Å². The monoisotopic (exact) mass is 497 g/mol. The number of rotatable bonds is 6. The van der Waals surface area contributed by atoms with Crippen LogP contribution in [-0.4, -0.2) is 39.9 Å². The summed E-state index contributed by atoms with van der Waals surface area (Å²) in [4.78, 5) is 25.0. The van der Waals surface area contributed by atoms with Crippen LogP contribution in [0.15, 0.2) is 48.5 Å². The van der Waals surface area contributed by atoms with E-state index in [0.717, 1.165) is 39.3 Å². The van der Waals surface area contributed by atoms with Gasteiger partial charge in [0.25, 0.3) is 5.95 Å². The molecule has 1 amide bonds. The second-order valence-corrected chi connectivity index (χ2v) is 9.52. The molecule has 5 rings (SSSR count). The van der Waals surface area contributed by atoms with Crippen molar-refractivity contribution in [3.8, 4) is 17.4 Å². The fraction of sp³-hybridized carbons (Fsp3) is 0.310. The Hall–Kier alpha value is -4.20. The molecule has 0 saturated carbocycles. The van der Waals surface area contributed by atoms with Gasteiger partial charge in [-0.25, -0.2) is 9.97 Å². The number of aryl methyl sites for hydroxylation is 4. The molecule has 0 aliphatic carbocycles. The zero-order valence-electron chi connectivity index (χ0n) is 22.1. The summed E-state index contributed by atoms with van der Waals surface area (Å²) in [5.74, 6) is 2.28. The third kappa shape index (κ3) is 4.55. The minimum atomic E-state index is -0.239. The Morgan fingerprint density at radius 1 is 0.946 bits per heavy atom. The van der Waals surface area contributed by atoms with E-state index in [-0.39, 0.29) is 11.8 Å². The molecule has 0 spiro atoms. The summed E-state index contributed by atoms with van der Waals surface area (Å²) in [6.07, 6.45) is 0.293. The average molecular weight is 498 g/mol. The molecule has 0 N–H and O–H groups in total. The quantitative estimate of drug-likeness (QED) is 0.374. The maximum Gasteiger partial charge on any atom is 0.252 e. The lowest BCUT2D eigenvalue weighted by atomic mass is 9.84. The maximum absolute atomic E-state index is 13.9. The zero-order valence-corrected chi connectivity index (χ0v) is 22.1. The Morgan fingerprint density at radius 3 is 2.38 bits per heavy atom. The number of methoxy groups -OCH3 is 2. The number of hydrogen-bond donors (Lipinski definition) is 0. The summed E-state index contributed by atoms with van der Waals surface area (Å²) in [5, 5.41) is 4.89. The lowest BCUT2D eigenvalue weighted by Gasteiger charge is -2.33. The van der Waals surface area contributed by atoms with Crippen molar-refractivity contribution in [2.24, 2.45) is 0 Å². The van der Waals surface area contributed by atoms with Crippen LogP contribution in [0.1, 0.15) is 51.7 Å². The molecular weight excluding hydrogens is 466 g/mol. The van der Waals surface area contributed by atoms with Gasteiger partial charge in [0.15, 0.2) is 0 Å². The van der Waals surface area contributed by atoms with E-state index >= 15 is 0 Å². The molecule has 2 aromatic carbocycles. The summed E-state index contributed by atoms with van der Waals surface area (Å²) in [7, 11) is 3.26. The number of hydrogen-bond acceptors (Lipinski definition) is 6. The first-order valence-electron chi connectivity index (χ1n) is 12.3. The Kier molecular flexibility index (Phi) is 6.41. The van der Waals surface area contributed by atoms with E-state index in [1.165, 1.54) is 0 Å². The second kappa shape index (κ2) is 9.69. The predicted molar refractivity (Wildman–Crippen MR) is 142 cm³/mol. The molecule has 8 nitrogen and oxygen atoms in total. The van der Waals surface area contributed by atoms with E-state index in [1.54, 1.807) is 18.9 Å². The molecule has 0 saturated heterocycles. The number of amides is 1. The van der Waals surface area contributed by atoms with Gasteiger partial charge in [0, 0.05) is 40.9 Å². The number of benzene rings is 2. The van der Waals surface area contributed by atoms with Gasteiger partial charge in [-0.15, -0.1) is 0 Å². The van der Waals surface area contributed by atoms with Crippen molar-refractivity contribution in [3.05, 3.63) is 87.9 Å². The van der Waals surface area contributed by atoms with Crippen LogP contribution in [0.2, 0.25) is 0 Å². The third-order valence-electron chi connectivity index (χ3n) is 6.76. The number of anilines is 1. The van der Waals surface area contributed by atoms with Gasteiger partial charge in [-0.1, -0.05) is 35.9 Å². The van der Waals surface area contributed by atoms with Gasteiger partial charge < -0.3 is 9.47 Å². The minimum Gasteiger partial charge on any atom is -0.497 e. The molecular formula is C29H31N5O3. The van der Waals surface area contributed by atoms with Gasteiger partial charge in [-0.3, -0.25) is 9.69 Å². The van der Waals surface area contributed by atoms with Crippen molar-refractivity contribution in [3.63, 3.8) is 0 Å². The Bertz CT molecular complexity index is 1470. The molecule has 0 bridgehead atoms. The molecule has 3 heterocycles. The Morgan fingerprint density at radius 2 is 1.70 bits per heavy atom. The SMILES string of the molecule is COc1ccc(C2CC(=O)N(Cc3cccc(C)c3)c3c2c(C)nn3-c2nc(C)cc(C)n2)c(OC)c1. The maximum atomic E-state index is 13.9. The molecule has 8 heteroatoms. The van der Waals surface area contributed by atoms with Gasteiger partial charge in [-0.2, -0.15) is 9.78 Å². The predicted octanol–water partition coefficient (Wildman–Crippen LogP) is 4.98. The van der Waals surface area contributed by atoms with Crippen LogP contribution in [0.4, 0.5) is 5.82 Å². The lowest BCUT2D eigenvalue weighted by molar-refractivity contribution is -0.119. The number of carbonyl (C=O) groups is 1. The smallest absolute Gasteiger partial charge is 0.252 e. The normalized spacial score (nSPS) is 15.0. The van der Waals surface area contributed by atoms with Crippen molar-refractivity contribution < 1.29 is 14.3 Å². The fourth-order valence-corrected chi connectivity index (χ4v) is 5.17. The molecule has 190 valence electrons. The van der Waals surface area contributed by atoms with Crippen LogP contribution in [-0.2, 0) is 11.3 Å². The summed E-state index contributed by atoms with van der Waals surface area (Å²) < 4.78 is 12.9. The highest BCUT2D eigenvalue weighted by Gasteiger charge is 2.39. The van der Waals surface area contributed by atoms with Gasteiger partial charge in [0.2, 0.25) is 5.91 Å². The second-order valence-electron chi connectivity index (χ2n) is 9.52. The Labute approximate surface area is 216 Å². The largest absolute Gasteiger partial charge is 0.497 e. The zero-order chi connectivity index (χ0) is 26.3. The molecule has 1 aliphatic rings. The molecule has 1 atom stereocenters. The summed E-state index contributed by atoms with van der Waals surface area (Å²) >= 11 is 0. The van der Waals surface area contributed by atoms with E-state index in [0.29, 0.717) is 36.2 Å². The summed E-state index contributed by atoms with van der Waals surface area (Å²) in [6.45, 7) is 8.32. The molecule has 37 heavy (non-hydrogen) atoms. The highest BCUT2D eigenvalue weighted by Crippen LogP contribution is 2.46. The van der Waals surface area contributed by atoms with Crippen LogP contribution in [0.3, 0.4) is 0 Å². The van der Waals surface area contributed by atoms with Crippen LogP contribution in [0.5, 0.6) is 11.5 Å². The summed E-state index contributed by atoms with van der Waals surface area (Å²) in [6, 6.07) is 15.9. The van der Waals surface area contributed by atoms with Gasteiger partial charge >= 0.3 is 0 Å². The molecule has 1 unspecified atom stereocenters. The number of ether oxygens (including phenoxy) is 2. The standard InChI is InChI=1S/C29H31N5O3/c1-17-8-7-9-21(12-17)16-33-26(35)15-24(23-11-10-22(36-5)14-25(23)37-6)27-20(4)32-34(28(27)33)29-30-18(2)13-19(3)31-29/h7-14,24H,15-16H2,1-6H3. The van der Waals surface area contributed by atoms with Crippen LogP contribution >= 0.6 is 0 Å². The van der Waals surface area contributed by atoms with E-state index < -0.39 is 0 Å². The molecule has 0 radical (unpaired) electrons. The van der Waals surface area contributed by atoms with Gasteiger partial charge in [-0.05, 0) is 45.4 Å². The molecule has 4 aromatic rings. The van der Waals surface area contributed by atoms with Crippen molar-refractivity contribution in [1.82, 2.24) is 19.7 Å². The van der Waals surface area contributed by atoms with Crippen molar-refractivity contribution in [1.29, 1.82) is 0 Å². The van der Waals surface area contributed by atoms with E-state index in [4.69, 9.17) is 14.6 Å². The third-order valence-corrected chi connectivity index (χ3v) is 6.76. The minimum absolute atomic E-state index is 0.00222. The molecule has 0 fully saturated rings. The summed E-state index contributed by atoms with van der Waals surface area (Å²) in [5.41, 5.74) is 6.57. The van der Waals surface area contributed by atoms with Gasteiger partial charge in [0.05, 0.1) is 26.5 Å². The fourth-order valence-electron chi connectivity index (χ4n) is 5.17. The van der Waals surface area contributed by atoms with Gasteiger partial charge in [0.1, 0.15) is 17.3 Å². The van der Waals surface area contributed by atoms with Crippen LogP contribution < -0.4 is 14.4 Å². The first kappa shape index (κ1) is 24.5. The van der Waals surface area contributed by atoms with Crippen LogP contribution in [0, 0.1) is 27.7 Å². The molecule has 2 aromatic heterocycles. The number of nitrogens with zero attached hydrogens (tertiary/aromatic N) is 5. The highest BCUT2D eigenvalue weighted by molar-refractivity contribution is 5.97. The number of aromatic nitrogens is 4. The molecule has 1 aliphatic heterocycles. The van der Waals surface area contributed by atoms with Crippen molar-refractivity contribution in [2.75, 3.05) is 19.1 Å². The average Bonchev–Trinajstić information content (AvgIpc) is 3.22. The number of carbonyl (C=O) groups excluding carboxylic acids is 1. The van der Waals surface area contributed by atoms with E-state index in [9.17, 15) is 4.79 Å². The Balaban J connectivity index is 1.72. The van der Waals surface area contributed by atoms with Crippen LogP contribution in [0.25, 0.3) is 5.95 Å². The van der Waals surface area contributed by atoms with E-state index in [2.05, 4.69) is 29.0 Å². The highest BCUT2D eigenvalue weighted by atomic mass is 16.5.